The minimum atomic E-state index is -0.502. The number of nitrogens with zero attached hydrogens (tertiary/aromatic N) is 3. The minimum absolute atomic E-state index is 0.131. The summed E-state index contributed by atoms with van der Waals surface area (Å²) in [6, 6.07) is 3.37. The van der Waals surface area contributed by atoms with E-state index in [1.165, 1.54) is 19.0 Å². The van der Waals surface area contributed by atoms with Gasteiger partial charge in [-0.15, -0.1) is 0 Å². The highest BCUT2D eigenvalue weighted by atomic mass is 16.5. The van der Waals surface area contributed by atoms with Crippen molar-refractivity contribution >= 4 is 11.9 Å². The van der Waals surface area contributed by atoms with Gasteiger partial charge in [-0.2, -0.15) is 0 Å². The average molecular weight is 395 g/mol. The molecule has 29 heavy (non-hydrogen) atoms. The molecule has 2 aromatic rings. The molecule has 1 atom stereocenters. The summed E-state index contributed by atoms with van der Waals surface area (Å²) < 4.78 is 10.9. The second kappa shape index (κ2) is 7.81. The molecule has 1 amide bonds. The van der Waals surface area contributed by atoms with Crippen LogP contribution in [0.4, 0.5) is 0 Å². The Hall–Kier alpha value is -2.96. The van der Waals surface area contributed by atoms with Crippen LogP contribution in [0.1, 0.15) is 70.4 Å². The van der Waals surface area contributed by atoms with Crippen molar-refractivity contribution in [1.82, 2.24) is 14.9 Å². The number of ether oxygens (including phenoxy) is 2. The van der Waals surface area contributed by atoms with Crippen molar-refractivity contribution < 1.29 is 19.1 Å². The zero-order valence-electron chi connectivity index (χ0n) is 17.0. The Labute approximate surface area is 170 Å². The molecule has 2 aromatic heterocycles. The van der Waals surface area contributed by atoms with Crippen LogP contribution in [-0.4, -0.2) is 40.0 Å². The van der Waals surface area contributed by atoms with E-state index < -0.39 is 5.97 Å². The lowest BCUT2D eigenvalue weighted by Gasteiger charge is -2.24. The summed E-state index contributed by atoms with van der Waals surface area (Å²) in [4.78, 5) is 35.6. The van der Waals surface area contributed by atoms with Crippen LogP contribution >= 0.6 is 0 Å². The molecule has 7 heteroatoms. The predicted octanol–water partition coefficient (Wildman–Crippen LogP) is 3.47. The zero-order valence-corrected chi connectivity index (χ0v) is 17.0. The van der Waals surface area contributed by atoms with Crippen LogP contribution in [0.3, 0.4) is 0 Å². The summed E-state index contributed by atoms with van der Waals surface area (Å²) in [6.45, 7) is 6.97. The average Bonchev–Trinajstić information content (AvgIpc) is 3.48. The molecule has 0 saturated heterocycles. The van der Waals surface area contributed by atoms with Crippen LogP contribution in [0.2, 0.25) is 0 Å². The molecule has 1 fully saturated rings. The van der Waals surface area contributed by atoms with Gasteiger partial charge in [0.2, 0.25) is 0 Å². The molecule has 1 aliphatic heterocycles. The maximum absolute atomic E-state index is 13.0. The van der Waals surface area contributed by atoms with Gasteiger partial charge in [-0.1, -0.05) is 0 Å². The molecule has 2 aliphatic rings. The van der Waals surface area contributed by atoms with Crippen LogP contribution < -0.4 is 4.74 Å². The summed E-state index contributed by atoms with van der Waals surface area (Å²) in [6.07, 6.45) is 5.69. The second-order valence-corrected chi connectivity index (χ2v) is 7.64. The number of aromatic nitrogens is 2. The lowest BCUT2D eigenvalue weighted by Crippen LogP contribution is -2.28. The van der Waals surface area contributed by atoms with Crippen LogP contribution in [0.15, 0.2) is 24.5 Å². The third kappa shape index (κ3) is 3.81. The van der Waals surface area contributed by atoms with E-state index in [1.807, 2.05) is 19.9 Å². The van der Waals surface area contributed by atoms with E-state index in [0.29, 0.717) is 23.6 Å². The molecule has 1 aliphatic carbocycles. The van der Waals surface area contributed by atoms with Crippen molar-refractivity contribution in [2.45, 2.75) is 46.2 Å². The molecule has 152 valence electrons. The Morgan fingerprint density at radius 1 is 1.34 bits per heavy atom. The van der Waals surface area contributed by atoms with Gasteiger partial charge in [0, 0.05) is 23.9 Å². The van der Waals surface area contributed by atoms with Gasteiger partial charge in [-0.25, -0.2) is 9.78 Å². The first-order chi connectivity index (χ1) is 14.0. The van der Waals surface area contributed by atoms with Gasteiger partial charge in [0.05, 0.1) is 31.1 Å². The SMILES string of the molecule is CCOC(=O)c1nccc2c1CN(C(C)c1cc(C)c(OCC3CC3)cn1)C2=O. The zero-order chi connectivity index (χ0) is 20.5. The Bertz CT molecular complexity index is 955. The smallest absolute Gasteiger partial charge is 0.357 e. The molecule has 0 bridgehead atoms. The molecule has 3 heterocycles. The fourth-order valence-electron chi connectivity index (χ4n) is 3.53. The number of aryl methyl sites for hydroxylation is 1. The van der Waals surface area contributed by atoms with Crippen molar-refractivity contribution in [2.75, 3.05) is 13.2 Å². The fourth-order valence-corrected chi connectivity index (χ4v) is 3.53. The summed E-state index contributed by atoms with van der Waals surface area (Å²) in [5.41, 5.74) is 3.11. The Morgan fingerprint density at radius 2 is 2.14 bits per heavy atom. The van der Waals surface area contributed by atoms with Gasteiger partial charge in [0.1, 0.15) is 5.75 Å². The molecule has 1 unspecified atom stereocenters. The maximum Gasteiger partial charge on any atom is 0.357 e. The lowest BCUT2D eigenvalue weighted by molar-refractivity contribution is 0.0515. The summed E-state index contributed by atoms with van der Waals surface area (Å²) >= 11 is 0. The lowest BCUT2D eigenvalue weighted by atomic mass is 10.1. The highest BCUT2D eigenvalue weighted by Crippen LogP contribution is 2.34. The predicted molar refractivity (Wildman–Crippen MR) is 106 cm³/mol. The van der Waals surface area contributed by atoms with Gasteiger partial charge in [-0.3, -0.25) is 9.78 Å². The number of fused-ring (bicyclic) bond motifs is 1. The van der Waals surface area contributed by atoms with Crippen molar-refractivity contribution in [3.63, 3.8) is 0 Å². The van der Waals surface area contributed by atoms with Gasteiger partial charge in [0.25, 0.3) is 5.91 Å². The number of carbonyl (C=O) groups excluding carboxylic acids is 2. The number of amides is 1. The molecule has 0 aromatic carbocycles. The minimum Gasteiger partial charge on any atom is -0.491 e. The summed E-state index contributed by atoms with van der Waals surface area (Å²) in [7, 11) is 0. The summed E-state index contributed by atoms with van der Waals surface area (Å²) in [5, 5.41) is 0. The molecule has 0 spiro atoms. The Kier molecular flexibility index (Phi) is 5.22. The number of hydrogen-bond acceptors (Lipinski definition) is 6. The van der Waals surface area contributed by atoms with Gasteiger partial charge in [0.15, 0.2) is 5.69 Å². The van der Waals surface area contributed by atoms with Crippen molar-refractivity contribution in [2.24, 2.45) is 5.92 Å². The molecule has 4 rings (SSSR count). The van der Waals surface area contributed by atoms with E-state index in [4.69, 9.17) is 9.47 Å². The molecule has 0 radical (unpaired) electrons. The van der Waals surface area contributed by atoms with E-state index >= 15 is 0 Å². The summed E-state index contributed by atoms with van der Waals surface area (Å²) in [5.74, 6) is 0.834. The maximum atomic E-state index is 13.0. The molecular formula is C22H25N3O4. The largest absolute Gasteiger partial charge is 0.491 e. The van der Waals surface area contributed by atoms with E-state index in [-0.39, 0.29) is 24.2 Å². The monoisotopic (exact) mass is 395 g/mol. The van der Waals surface area contributed by atoms with Crippen molar-refractivity contribution in [3.8, 4) is 5.75 Å². The fraction of sp³-hybridized carbons (Fsp3) is 0.455. The molecule has 7 nitrogen and oxygen atoms in total. The van der Waals surface area contributed by atoms with Crippen molar-refractivity contribution in [1.29, 1.82) is 0 Å². The second-order valence-electron chi connectivity index (χ2n) is 7.64. The van der Waals surface area contributed by atoms with E-state index in [9.17, 15) is 9.59 Å². The number of pyridine rings is 2. The standard InChI is InChI=1S/C22H25N3O4/c1-4-28-22(27)20-17-11-25(21(26)16(17)7-8-23-20)14(3)18-9-13(2)19(10-24-18)29-12-15-5-6-15/h7-10,14-15H,4-6,11-12H2,1-3H3. The van der Waals surface area contributed by atoms with Crippen LogP contribution in [0.25, 0.3) is 0 Å². The normalized spacial score (nSPS) is 16.5. The number of hydrogen-bond donors (Lipinski definition) is 0. The third-order valence-corrected chi connectivity index (χ3v) is 5.50. The van der Waals surface area contributed by atoms with Crippen LogP contribution in [0.5, 0.6) is 5.75 Å². The van der Waals surface area contributed by atoms with Crippen LogP contribution in [-0.2, 0) is 11.3 Å². The molecule has 1 saturated carbocycles. The number of esters is 1. The van der Waals surface area contributed by atoms with E-state index in [2.05, 4.69) is 9.97 Å². The number of carbonyl (C=O) groups is 2. The third-order valence-electron chi connectivity index (χ3n) is 5.50. The highest BCUT2D eigenvalue weighted by molar-refractivity contribution is 6.02. The van der Waals surface area contributed by atoms with Gasteiger partial charge in [-0.05, 0) is 57.2 Å². The first-order valence-corrected chi connectivity index (χ1v) is 10.0. The molecular weight excluding hydrogens is 370 g/mol. The van der Waals surface area contributed by atoms with E-state index in [1.54, 1.807) is 24.1 Å². The first kappa shape index (κ1) is 19.4. The number of rotatable bonds is 7. The van der Waals surface area contributed by atoms with Gasteiger partial charge >= 0.3 is 5.97 Å². The molecule has 0 N–H and O–H groups in total. The van der Waals surface area contributed by atoms with Crippen LogP contribution in [0, 0.1) is 12.8 Å². The van der Waals surface area contributed by atoms with Gasteiger partial charge < -0.3 is 14.4 Å². The quantitative estimate of drug-likeness (QED) is 0.668. The highest BCUT2D eigenvalue weighted by Gasteiger charge is 2.35. The Balaban J connectivity index is 1.54. The topological polar surface area (TPSA) is 81.6 Å². The van der Waals surface area contributed by atoms with Crippen molar-refractivity contribution in [3.05, 3.63) is 52.6 Å². The Morgan fingerprint density at radius 3 is 2.83 bits per heavy atom. The first-order valence-electron chi connectivity index (χ1n) is 10.0. The van der Waals surface area contributed by atoms with E-state index in [0.717, 1.165) is 23.6 Å².